The van der Waals surface area contributed by atoms with E-state index >= 15 is 0 Å². The normalized spacial score (nSPS) is 30.2. The number of benzene rings is 1. The second kappa shape index (κ2) is 7.93. The van der Waals surface area contributed by atoms with Gasteiger partial charge in [0.25, 0.3) is 0 Å². The Balaban J connectivity index is 1.58. The molecule has 134 valence electrons. The van der Waals surface area contributed by atoms with Gasteiger partial charge in [-0.25, -0.2) is 13.2 Å². The molecule has 0 aliphatic heterocycles. The van der Waals surface area contributed by atoms with E-state index in [9.17, 15) is 13.2 Å². The number of halogens is 3. The van der Waals surface area contributed by atoms with Crippen LogP contribution in [0.15, 0.2) is 12.1 Å². The number of fused-ring (bicyclic) bond motifs is 1. The van der Waals surface area contributed by atoms with E-state index in [1.165, 1.54) is 57.1 Å². The van der Waals surface area contributed by atoms with E-state index in [1.807, 2.05) is 0 Å². The highest BCUT2D eigenvalue weighted by Gasteiger charge is 2.36. The van der Waals surface area contributed by atoms with E-state index < -0.39 is 17.5 Å². The van der Waals surface area contributed by atoms with Gasteiger partial charge in [-0.15, -0.1) is 0 Å². The highest BCUT2D eigenvalue weighted by atomic mass is 19.2. The van der Waals surface area contributed by atoms with Gasteiger partial charge in [-0.3, -0.25) is 0 Å². The summed E-state index contributed by atoms with van der Waals surface area (Å²) in [5.74, 6) is -0.903. The standard InChI is InChI=1S/C21H29F3/c1-2-3-4-5-14-6-7-16-11-17(9-8-15(16)10-14)18-12-19(22)21(24)20(23)13-18/h12-17H,2-11H2,1H3. The van der Waals surface area contributed by atoms with Crippen LogP contribution in [0.1, 0.15) is 82.6 Å². The van der Waals surface area contributed by atoms with Crippen molar-refractivity contribution in [2.45, 2.75) is 77.0 Å². The summed E-state index contributed by atoms with van der Waals surface area (Å²) >= 11 is 0. The first-order chi connectivity index (χ1) is 11.6. The van der Waals surface area contributed by atoms with Crippen LogP contribution in [-0.2, 0) is 0 Å². The number of rotatable bonds is 5. The van der Waals surface area contributed by atoms with Crippen molar-refractivity contribution in [2.24, 2.45) is 17.8 Å². The van der Waals surface area contributed by atoms with Crippen molar-refractivity contribution in [3.05, 3.63) is 35.1 Å². The first kappa shape index (κ1) is 17.8. The Morgan fingerprint density at radius 1 is 0.875 bits per heavy atom. The van der Waals surface area contributed by atoms with Gasteiger partial charge in [-0.1, -0.05) is 39.0 Å². The Morgan fingerprint density at radius 2 is 1.54 bits per heavy atom. The molecule has 2 aliphatic carbocycles. The van der Waals surface area contributed by atoms with Crippen LogP contribution in [0.3, 0.4) is 0 Å². The molecule has 0 amide bonds. The number of hydrogen-bond acceptors (Lipinski definition) is 0. The molecule has 1 aromatic rings. The lowest BCUT2D eigenvalue weighted by molar-refractivity contribution is 0.113. The molecule has 0 radical (unpaired) electrons. The maximum absolute atomic E-state index is 13.5. The zero-order valence-corrected chi connectivity index (χ0v) is 14.7. The number of unbranched alkanes of at least 4 members (excludes halogenated alkanes) is 2. The summed E-state index contributed by atoms with van der Waals surface area (Å²) in [6.45, 7) is 2.25. The Morgan fingerprint density at radius 3 is 2.25 bits per heavy atom. The third-order valence-corrected chi connectivity index (χ3v) is 6.42. The molecule has 2 saturated carbocycles. The molecule has 3 rings (SSSR count). The van der Waals surface area contributed by atoms with Gasteiger partial charge in [0, 0.05) is 0 Å². The molecule has 0 N–H and O–H groups in total. The van der Waals surface area contributed by atoms with Crippen LogP contribution in [0.4, 0.5) is 13.2 Å². The van der Waals surface area contributed by atoms with E-state index in [-0.39, 0.29) is 5.92 Å². The first-order valence-corrected chi connectivity index (χ1v) is 9.72. The monoisotopic (exact) mass is 338 g/mol. The molecule has 0 spiro atoms. The highest BCUT2D eigenvalue weighted by Crippen LogP contribution is 2.48. The Hall–Kier alpha value is -0.990. The molecule has 0 saturated heterocycles. The van der Waals surface area contributed by atoms with Crippen LogP contribution in [-0.4, -0.2) is 0 Å². The summed E-state index contributed by atoms with van der Waals surface area (Å²) in [6, 6.07) is 2.42. The van der Waals surface area contributed by atoms with E-state index in [2.05, 4.69) is 6.92 Å². The van der Waals surface area contributed by atoms with Crippen LogP contribution in [0.5, 0.6) is 0 Å². The summed E-state index contributed by atoms with van der Waals surface area (Å²) in [5.41, 5.74) is 0.648. The summed E-state index contributed by atoms with van der Waals surface area (Å²) < 4.78 is 40.2. The van der Waals surface area contributed by atoms with E-state index in [0.717, 1.165) is 31.1 Å². The third-order valence-electron chi connectivity index (χ3n) is 6.42. The van der Waals surface area contributed by atoms with Gasteiger partial charge < -0.3 is 0 Å². The maximum Gasteiger partial charge on any atom is 0.194 e. The Labute approximate surface area is 143 Å². The van der Waals surface area contributed by atoms with Crippen molar-refractivity contribution in [3.8, 4) is 0 Å². The molecule has 2 aliphatic rings. The minimum Gasteiger partial charge on any atom is -0.204 e. The lowest BCUT2D eigenvalue weighted by atomic mass is 9.63. The van der Waals surface area contributed by atoms with Gasteiger partial charge in [0.1, 0.15) is 0 Å². The topological polar surface area (TPSA) is 0 Å². The van der Waals surface area contributed by atoms with E-state index in [1.54, 1.807) is 0 Å². The molecule has 4 atom stereocenters. The minimum atomic E-state index is -1.35. The fraction of sp³-hybridized carbons (Fsp3) is 0.714. The molecule has 2 fully saturated rings. The van der Waals surface area contributed by atoms with Gasteiger partial charge >= 0.3 is 0 Å². The molecule has 0 bridgehead atoms. The van der Waals surface area contributed by atoms with Gasteiger partial charge in [0.05, 0.1) is 0 Å². The maximum atomic E-state index is 13.5. The van der Waals surface area contributed by atoms with Crippen LogP contribution in [0.25, 0.3) is 0 Å². The van der Waals surface area contributed by atoms with Crippen molar-refractivity contribution < 1.29 is 13.2 Å². The second-order valence-corrected chi connectivity index (χ2v) is 8.00. The largest absolute Gasteiger partial charge is 0.204 e. The molecule has 24 heavy (non-hydrogen) atoms. The molecular weight excluding hydrogens is 309 g/mol. The van der Waals surface area contributed by atoms with Crippen molar-refractivity contribution >= 4 is 0 Å². The molecular formula is C21H29F3. The predicted octanol–water partition coefficient (Wildman–Crippen LogP) is 6.98. The summed E-state index contributed by atoms with van der Waals surface area (Å²) in [7, 11) is 0. The lowest BCUT2D eigenvalue weighted by Gasteiger charge is -2.42. The van der Waals surface area contributed by atoms with Gasteiger partial charge in [-0.05, 0) is 73.5 Å². The summed E-state index contributed by atoms with van der Waals surface area (Å²) in [5, 5.41) is 0. The average molecular weight is 338 g/mol. The fourth-order valence-corrected chi connectivity index (χ4v) is 5.05. The van der Waals surface area contributed by atoms with Crippen LogP contribution in [0, 0.1) is 35.2 Å². The zero-order chi connectivity index (χ0) is 17.1. The summed E-state index contributed by atoms with van der Waals surface area (Å²) in [4.78, 5) is 0. The van der Waals surface area contributed by atoms with Crippen LogP contribution >= 0.6 is 0 Å². The van der Waals surface area contributed by atoms with E-state index in [0.29, 0.717) is 11.5 Å². The molecule has 0 aromatic heterocycles. The van der Waals surface area contributed by atoms with Crippen molar-refractivity contribution in [3.63, 3.8) is 0 Å². The Bertz CT molecular complexity index is 531. The molecule has 3 heteroatoms. The number of hydrogen-bond donors (Lipinski definition) is 0. The Kier molecular flexibility index (Phi) is 5.89. The lowest BCUT2D eigenvalue weighted by Crippen LogP contribution is -2.30. The molecule has 0 nitrogen and oxygen atoms in total. The smallest absolute Gasteiger partial charge is 0.194 e. The summed E-state index contributed by atoms with van der Waals surface area (Å²) in [6.07, 6.45) is 12.4. The third kappa shape index (κ3) is 3.97. The second-order valence-electron chi connectivity index (χ2n) is 8.00. The molecule has 0 heterocycles. The average Bonchev–Trinajstić information content (AvgIpc) is 2.59. The highest BCUT2D eigenvalue weighted by molar-refractivity contribution is 5.24. The zero-order valence-electron chi connectivity index (χ0n) is 14.7. The van der Waals surface area contributed by atoms with Crippen molar-refractivity contribution in [1.29, 1.82) is 0 Å². The minimum absolute atomic E-state index is 0.187. The first-order valence-electron chi connectivity index (χ1n) is 9.72. The predicted molar refractivity (Wildman–Crippen MR) is 91.4 cm³/mol. The van der Waals surface area contributed by atoms with Crippen LogP contribution in [0.2, 0.25) is 0 Å². The quantitative estimate of drug-likeness (QED) is 0.401. The van der Waals surface area contributed by atoms with Gasteiger partial charge in [-0.2, -0.15) is 0 Å². The SMILES string of the molecule is CCCCCC1CCC2CC(c3cc(F)c(F)c(F)c3)CCC2C1. The van der Waals surface area contributed by atoms with Crippen molar-refractivity contribution in [1.82, 2.24) is 0 Å². The van der Waals surface area contributed by atoms with Crippen LogP contribution < -0.4 is 0 Å². The molecule has 4 unspecified atom stereocenters. The van der Waals surface area contributed by atoms with Gasteiger partial charge in [0.15, 0.2) is 17.5 Å². The van der Waals surface area contributed by atoms with Gasteiger partial charge in [0.2, 0.25) is 0 Å². The van der Waals surface area contributed by atoms with Crippen molar-refractivity contribution in [2.75, 3.05) is 0 Å². The molecule has 1 aromatic carbocycles. The van der Waals surface area contributed by atoms with E-state index in [4.69, 9.17) is 0 Å². The fourth-order valence-electron chi connectivity index (χ4n) is 5.05.